The normalized spacial score (nSPS) is 15.0. The predicted molar refractivity (Wildman–Crippen MR) is 121 cm³/mol. The number of hydrogen-bond acceptors (Lipinski definition) is 5. The summed E-state index contributed by atoms with van der Waals surface area (Å²) in [6.45, 7) is 5.03. The fourth-order valence-electron chi connectivity index (χ4n) is 3.11. The molecule has 1 fully saturated rings. The summed E-state index contributed by atoms with van der Waals surface area (Å²) in [4.78, 5) is 49.5. The molecule has 1 aliphatic rings. The number of halogens is 1. The number of amides is 4. The number of nitrogens with one attached hydrogen (secondary N) is 1. The summed E-state index contributed by atoms with van der Waals surface area (Å²) >= 11 is 3.35. The van der Waals surface area contributed by atoms with E-state index in [0.29, 0.717) is 33.5 Å². The highest BCUT2D eigenvalue weighted by Crippen LogP contribution is 2.33. The second-order valence-corrected chi connectivity index (χ2v) is 7.81. The van der Waals surface area contributed by atoms with Crippen LogP contribution in [0.25, 0.3) is 6.08 Å². The first-order valence-corrected chi connectivity index (χ1v) is 10.3. The molecule has 1 heterocycles. The minimum absolute atomic E-state index is 0.221. The fraction of sp³-hybridized carbons (Fsp3) is 0.130. The van der Waals surface area contributed by atoms with E-state index < -0.39 is 30.4 Å². The van der Waals surface area contributed by atoms with Crippen molar-refractivity contribution in [2.24, 2.45) is 0 Å². The Bertz CT molecular complexity index is 1150. The van der Waals surface area contributed by atoms with Crippen LogP contribution in [0.4, 0.5) is 10.5 Å². The van der Waals surface area contributed by atoms with Gasteiger partial charge >= 0.3 is 12.0 Å². The van der Waals surface area contributed by atoms with Gasteiger partial charge in [0.15, 0.2) is 6.61 Å². The summed E-state index contributed by atoms with van der Waals surface area (Å²) in [5.41, 5.74) is 2.16. The summed E-state index contributed by atoms with van der Waals surface area (Å²) in [5, 5.41) is 11.1. The molecule has 1 saturated heterocycles. The van der Waals surface area contributed by atoms with Crippen molar-refractivity contribution >= 4 is 51.5 Å². The van der Waals surface area contributed by atoms with Gasteiger partial charge in [-0.3, -0.25) is 14.9 Å². The lowest BCUT2D eigenvalue weighted by Crippen LogP contribution is -2.54. The molecule has 2 aromatic carbocycles. The Morgan fingerprint density at radius 2 is 1.91 bits per heavy atom. The number of anilines is 1. The quantitative estimate of drug-likeness (QED) is 0.342. The molecule has 0 unspecified atom stereocenters. The minimum atomic E-state index is -1.13. The van der Waals surface area contributed by atoms with Crippen LogP contribution in [-0.2, 0) is 20.8 Å². The lowest BCUT2D eigenvalue weighted by molar-refractivity contribution is -0.139. The number of carbonyl (C=O) groups is 4. The van der Waals surface area contributed by atoms with E-state index in [-0.39, 0.29) is 5.57 Å². The van der Waals surface area contributed by atoms with E-state index in [1.54, 1.807) is 42.5 Å². The lowest BCUT2D eigenvalue weighted by Gasteiger charge is -2.26. The van der Waals surface area contributed by atoms with Crippen LogP contribution in [0.5, 0.6) is 5.75 Å². The third kappa shape index (κ3) is 4.94. The van der Waals surface area contributed by atoms with Gasteiger partial charge in [0.25, 0.3) is 11.8 Å². The number of urea groups is 1. The topological polar surface area (TPSA) is 113 Å². The Kier molecular flexibility index (Phi) is 6.89. The number of allylic oxidation sites excluding steroid dienone is 1. The van der Waals surface area contributed by atoms with Crippen molar-refractivity contribution in [1.82, 2.24) is 5.32 Å². The molecule has 2 N–H and O–H groups in total. The molecule has 9 heteroatoms. The number of rotatable bonds is 7. The first kappa shape index (κ1) is 23.0. The van der Waals surface area contributed by atoms with E-state index in [0.717, 1.165) is 10.5 Å². The number of nitrogens with zero attached hydrogens (tertiary/aromatic N) is 1. The van der Waals surface area contributed by atoms with Gasteiger partial charge in [0.1, 0.15) is 11.3 Å². The van der Waals surface area contributed by atoms with Gasteiger partial charge in [-0.2, -0.15) is 0 Å². The molecule has 4 amide bonds. The summed E-state index contributed by atoms with van der Waals surface area (Å²) in [6, 6.07) is 9.16. The van der Waals surface area contributed by atoms with Gasteiger partial charge in [0, 0.05) is 0 Å². The number of aliphatic carboxylic acids is 1. The molecule has 8 nitrogen and oxygen atoms in total. The van der Waals surface area contributed by atoms with Gasteiger partial charge < -0.3 is 9.84 Å². The molecule has 3 rings (SSSR count). The van der Waals surface area contributed by atoms with E-state index in [4.69, 9.17) is 9.84 Å². The minimum Gasteiger partial charge on any atom is -0.480 e. The molecule has 0 aliphatic carbocycles. The van der Waals surface area contributed by atoms with Crippen LogP contribution < -0.4 is 15.0 Å². The van der Waals surface area contributed by atoms with Gasteiger partial charge in [-0.25, -0.2) is 14.5 Å². The summed E-state index contributed by atoms with van der Waals surface area (Å²) in [6.07, 6.45) is 3.34. The fourth-order valence-corrected chi connectivity index (χ4v) is 3.75. The number of carboxylic acids is 1. The first-order chi connectivity index (χ1) is 15.2. The summed E-state index contributed by atoms with van der Waals surface area (Å²) in [7, 11) is 0. The SMILES string of the molecule is C=CCc1cc(/C=C2\C(=O)NC(=O)N(c3ccc(C)cc3)C2=O)cc(Br)c1OCC(=O)O. The Hall–Kier alpha value is -3.72. The number of imide groups is 2. The Labute approximate surface area is 192 Å². The lowest BCUT2D eigenvalue weighted by atomic mass is 10.0. The second-order valence-electron chi connectivity index (χ2n) is 6.96. The number of aryl methyl sites for hydroxylation is 1. The molecule has 0 aromatic heterocycles. The molecular weight excluding hydrogens is 480 g/mol. The number of ether oxygens (including phenoxy) is 1. The molecule has 1 aliphatic heterocycles. The highest BCUT2D eigenvalue weighted by atomic mass is 79.9. The Balaban J connectivity index is 2.01. The molecule has 0 spiro atoms. The maximum Gasteiger partial charge on any atom is 0.341 e. The molecule has 0 bridgehead atoms. The zero-order valence-electron chi connectivity index (χ0n) is 17.1. The molecule has 32 heavy (non-hydrogen) atoms. The summed E-state index contributed by atoms with van der Waals surface area (Å²) in [5.74, 6) is -2.37. The van der Waals surface area contributed by atoms with E-state index in [2.05, 4.69) is 27.8 Å². The molecule has 2 aromatic rings. The second kappa shape index (κ2) is 9.61. The van der Waals surface area contributed by atoms with Crippen LogP contribution in [0.3, 0.4) is 0 Å². The molecule has 164 valence electrons. The van der Waals surface area contributed by atoms with Gasteiger partial charge in [0.2, 0.25) is 0 Å². The van der Waals surface area contributed by atoms with Crippen molar-refractivity contribution < 1.29 is 29.0 Å². The van der Waals surface area contributed by atoms with Gasteiger partial charge in [0.05, 0.1) is 10.2 Å². The maximum atomic E-state index is 13.0. The van der Waals surface area contributed by atoms with Crippen molar-refractivity contribution in [2.45, 2.75) is 13.3 Å². The Morgan fingerprint density at radius 1 is 1.22 bits per heavy atom. The number of benzene rings is 2. The summed E-state index contributed by atoms with van der Waals surface area (Å²) < 4.78 is 5.80. The smallest absolute Gasteiger partial charge is 0.341 e. The highest BCUT2D eigenvalue weighted by Gasteiger charge is 2.36. The van der Waals surface area contributed by atoms with Crippen molar-refractivity contribution in [3.8, 4) is 5.75 Å². The van der Waals surface area contributed by atoms with Crippen LogP contribution >= 0.6 is 15.9 Å². The van der Waals surface area contributed by atoms with Crippen LogP contribution in [-0.4, -0.2) is 35.5 Å². The van der Waals surface area contributed by atoms with Crippen molar-refractivity contribution in [3.63, 3.8) is 0 Å². The predicted octanol–water partition coefficient (Wildman–Crippen LogP) is 3.62. The van der Waals surface area contributed by atoms with E-state index in [1.165, 1.54) is 6.08 Å². The van der Waals surface area contributed by atoms with Crippen molar-refractivity contribution in [3.05, 3.63) is 75.8 Å². The van der Waals surface area contributed by atoms with E-state index in [1.807, 2.05) is 6.92 Å². The van der Waals surface area contributed by atoms with Gasteiger partial charge in [-0.15, -0.1) is 6.58 Å². The standard InChI is InChI=1S/C23H19BrN2O6/c1-3-4-15-9-14(11-18(24)20(15)32-12-19(27)28)10-17-21(29)25-23(31)26(22(17)30)16-7-5-13(2)6-8-16/h3,5-11H,1,4,12H2,2H3,(H,27,28)(H,25,29,31)/b17-10+. The number of carboxylic acid groups (broad SMARTS) is 1. The van der Waals surface area contributed by atoms with Crippen LogP contribution in [0.1, 0.15) is 16.7 Å². The van der Waals surface area contributed by atoms with E-state index in [9.17, 15) is 19.2 Å². The number of carbonyl (C=O) groups excluding carboxylic acids is 3. The third-order valence-electron chi connectivity index (χ3n) is 4.55. The third-order valence-corrected chi connectivity index (χ3v) is 5.14. The van der Waals surface area contributed by atoms with Crippen molar-refractivity contribution in [1.29, 1.82) is 0 Å². The molecule has 0 saturated carbocycles. The molecular formula is C23H19BrN2O6. The number of hydrogen-bond donors (Lipinski definition) is 2. The van der Waals surface area contributed by atoms with Crippen LogP contribution in [0.15, 0.2) is 59.1 Å². The monoisotopic (exact) mass is 498 g/mol. The first-order valence-electron chi connectivity index (χ1n) is 9.47. The Morgan fingerprint density at radius 3 is 2.53 bits per heavy atom. The molecule has 0 atom stereocenters. The number of barbiturate groups is 1. The van der Waals surface area contributed by atoms with Crippen LogP contribution in [0.2, 0.25) is 0 Å². The zero-order chi connectivity index (χ0) is 23.4. The average Bonchev–Trinajstić information content (AvgIpc) is 2.72. The van der Waals surface area contributed by atoms with Gasteiger partial charge in [-0.05, 0) is 70.7 Å². The zero-order valence-corrected chi connectivity index (χ0v) is 18.6. The van der Waals surface area contributed by atoms with Gasteiger partial charge in [-0.1, -0.05) is 23.8 Å². The average molecular weight is 499 g/mol. The largest absolute Gasteiger partial charge is 0.480 e. The van der Waals surface area contributed by atoms with Crippen LogP contribution in [0, 0.1) is 6.92 Å². The molecule has 0 radical (unpaired) electrons. The maximum absolute atomic E-state index is 13.0. The highest BCUT2D eigenvalue weighted by molar-refractivity contribution is 9.10. The van der Waals surface area contributed by atoms with Crippen molar-refractivity contribution in [2.75, 3.05) is 11.5 Å². The van der Waals surface area contributed by atoms with E-state index >= 15 is 0 Å².